The van der Waals surface area contributed by atoms with Gasteiger partial charge in [-0.05, 0) is 30.7 Å². The molecule has 1 atom stereocenters. The molecule has 5 nitrogen and oxygen atoms in total. The Balaban J connectivity index is 2.06. The van der Waals surface area contributed by atoms with Gasteiger partial charge >= 0.3 is 0 Å². The predicted octanol–water partition coefficient (Wildman–Crippen LogP) is 2.91. The van der Waals surface area contributed by atoms with Gasteiger partial charge in [0.25, 0.3) is 5.56 Å². The molecule has 2 heterocycles. The Morgan fingerprint density at radius 1 is 1.48 bits per heavy atom. The van der Waals surface area contributed by atoms with Crippen molar-refractivity contribution in [2.75, 3.05) is 17.8 Å². The molecular weight excluding hydrogens is 376 g/mol. The highest BCUT2D eigenvalue weighted by atomic mass is 32.2. The number of hydrogen-bond acceptors (Lipinski definition) is 6. The number of sulfone groups is 1. The maximum atomic E-state index is 13.1. The summed E-state index contributed by atoms with van der Waals surface area (Å²) in [6, 6.07) is 0. The fourth-order valence-electron chi connectivity index (χ4n) is 3.09. The first kappa shape index (κ1) is 18.7. The van der Waals surface area contributed by atoms with Crippen LogP contribution in [-0.4, -0.2) is 35.7 Å². The van der Waals surface area contributed by atoms with Crippen LogP contribution in [0.25, 0.3) is 10.2 Å². The molecule has 0 fully saturated rings. The molecule has 2 aromatic heterocycles. The fraction of sp³-hybridized carbons (Fsp3) is 0.529. The third-order valence-electron chi connectivity index (χ3n) is 4.38. The molecule has 8 heteroatoms. The van der Waals surface area contributed by atoms with Crippen LogP contribution >= 0.6 is 23.1 Å². The lowest BCUT2D eigenvalue weighted by atomic mass is 9.89. The predicted molar refractivity (Wildman–Crippen MR) is 106 cm³/mol. The summed E-state index contributed by atoms with van der Waals surface area (Å²) in [7, 11) is -3.03. The van der Waals surface area contributed by atoms with Gasteiger partial charge in [0.1, 0.15) is 14.7 Å². The second kappa shape index (κ2) is 7.25. The first-order valence-electron chi connectivity index (χ1n) is 8.26. The number of fused-ring (bicyclic) bond motifs is 3. The van der Waals surface area contributed by atoms with Crippen LogP contribution in [0.1, 0.15) is 23.8 Å². The molecule has 0 saturated carbocycles. The lowest BCUT2D eigenvalue weighted by Crippen LogP contribution is -2.24. The molecule has 0 spiro atoms. The van der Waals surface area contributed by atoms with Gasteiger partial charge < -0.3 is 0 Å². The molecule has 1 aliphatic rings. The van der Waals surface area contributed by atoms with E-state index in [9.17, 15) is 13.2 Å². The van der Waals surface area contributed by atoms with Crippen molar-refractivity contribution in [2.24, 2.45) is 5.92 Å². The molecular formula is C17H22N2O3S3. The van der Waals surface area contributed by atoms with Crippen LogP contribution in [0.5, 0.6) is 0 Å². The zero-order chi connectivity index (χ0) is 18.2. The summed E-state index contributed by atoms with van der Waals surface area (Å²) >= 11 is 2.94. The van der Waals surface area contributed by atoms with Crippen LogP contribution in [0.2, 0.25) is 0 Å². The van der Waals surface area contributed by atoms with E-state index in [0.29, 0.717) is 23.4 Å². The molecule has 136 valence electrons. The monoisotopic (exact) mass is 398 g/mol. The zero-order valence-electron chi connectivity index (χ0n) is 14.4. The number of thiophene rings is 1. The van der Waals surface area contributed by atoms with Gasteiger partial charge in [0, 0.05) is 23.4 Å². The second-order valence-electron chi connectivity index (χ2n) is 6.61. The van der Waals surface area contributed by atoms with Gasteiger partial charge in [-0.25, -0.2) is 13.4 Å². The van der Waals surface area contributed by atoms with Crippen molar-refractivity contribution < 1.29 is 8.42 Å². The van der Waals surface area contributed by atoms with E-state index >= 15 is 0 Å². The van der Waals surface area contributed by atoms with E-state index in [-0.39, 0.29) is 11.3 Å². The van der Waals surface area contributed by atoms with E-state index < -0.39 is 9.84 Å². The van der Waals surface area contributed by atoms with E-state index in [1.807, 2.05) is 0 Å². The maximum absolute atomic E-state index is 13.1. The van der Waals surface area contributed by atoms with E-state index in [2.05, 4.69) is 13.5 Å². The minimum absolute atomic E-state index is 0.0289. The van der Waals surface area contributed by atoms with Gasteiger partial charge in [0.15, 0.2) is 5.16 Å². The average molecular weight is 399 g/mol. The van der Waals surface area contributed by atoms with Crippen molar-refractivity contribution >= 4 is 43.2 Å². The molecule has 3 rings (SSSR count). The molecule has 1 aliphatic carbocycles. The van der Waals surface area contributed by atoms with Crippen molar-refractivity contribution in [3.63, 3.8) is 0 Å². The molecule has 0 N–H and O–H groups in total. The van der Waals surface area contributed by atoms with Crippen LogP contribution in [0.4, 0.5) is 0 Å². The third kappa shape index (κ3) is 4.01. The molecule has 0 bridgehead atoms. The highest BCUT2D eigenvalue weighted by Gasteiger charge is 2.24. The molecule has 0 aromatic carbocycles. The van der Waals surface area contributed by atoms with Crippen molar-refractivity contribution in [1.82, 2.24) is 9.55 Å². The highest BCUT2D eigenvalue weighted by Crippen LogP contribution is 2.36. The van der Waals surface area contributed by atoms with Gasteiger partial charge in [-0.3, -0.25) is 9.36 Å². The number of rotatable bonds is 6. The number of aromatic nitrogens is 2. The Bertz CT molecular complexity index is 973. The molecule has 25 heavy (non-hydrogen) atoms. The van der Waals surface area contributed by atoms with Crippen molar-refractivity contribution in [3.05, 3.63) is 33.4 Å². The summed E-state index contributed by atoms with van der Waals surface area (Å²) in [5, 5.41) is 1.33. The first-order valence-corrected chi connectivity index (χ1v) is 12.1. The van der Waals surface area contributed by atoms with E-state index in [4.69, 9.17) is 4.98 Å². The smallest absolute Gasteiger partial charge is 0.263 e. The Labute approximate surface area is 156 Å². The average Bonchev–Trinajstić information content (AvgIpc) is 2.87. The highest BCUT2D eigenvalue weighted by molar-refractivity contribution is 8.00. The molecule has 0 amide bonds. The molecule has 0 radical (unpaired) electrons. The van der Waals surface area contributed by atoms with Crippen LogP contribution < -0.4 is 5.56 Å². The van der Waals surface area contributed by atoms with E-state index in [1.54, 1.807) is 22.0 Å². The number of nitrogens with zero attached hydrogens (tertiary/aromatic N) is 2. The maximum Gasteiger partial charge on any atom is 0.263 e. The fourth-order valence-corrected chi connectivity index (χ4v) is 6.72. The second-order valence-corrected chi connectivity index (χ2v) is 11.0. The van der Waals surface area contributed by atoms with E-state index in [0.717, 1.165) is 29.5 Å². The summed E-state index contributed by atoms with van der Waals surface area (Å²) < 4.78 is 24.3. The van der Waals surface area contributed by atoms with Gasteiger partial charge in [-0.1, -0.05) is 24.8 Å². The molecule has 0 aliphatic heterocycles. The summed E-state index contributed by atoms with van der Waals surface area (Å²) in [4.78, 5) is 19.8. The van der Waals surface area contributed by atoms with E-state index in [1.165, 1.54) is 28.5 Å². The number of hydrogen-bond donors (Lipinski definition) is 0. The van der Waals surface area contributed by atoms with Crippen LogP contribution in [0, 0.1) is 5.92 Å². The van der Waals surface area contributed by atoms with Gasteiger partial charge in [-0.15, -0.1) is 17.9 Å². The lowest BCUT2D eigenvalue weighted by molar-refractivity contribution is 0.509. The van der Waals surface area contributed by atoms with Gasteiger partial charge in [-0.2, -0.15) is 0 Å². The quantitative estimate of drug-likeness (QED) is 0.425. The Morgan fingerprint density at radius 3 is 2.92 bits per heavy atom. The molecule has 1 unspecified atom stereocenters. The van der Waals surface area contributed by atoms with Crippen molar-refractivity contribution in [1.29, 1.82) is 0 Å². The van der Waals surface area contributed by atoms with Crippen molar-refractivity contribution in [3.8, 4) is 0 Å². The summed E-state index contributed by atoms with van der Waals surface area (Å²) in [6.07, 6.45) is 5.94. The van der Waals surface area contributed by atoms with Crippen LogP contribution in [-0.2, 0) is 29.2 Å². The Hall–Kier alpha value is -1.12. The van der Waals surface area contributed by atoms with Crippen LogP contribution in [0.3, 0.4) is 0 Å². The first-order chi connectivity index (χ1) is 11.8. The van der Waals surface area contributed by atoms with Gasteiger partial charge in [0.2, 0.25) is 0 Å². The SMILES string of the molecule is C=CCn1c(SCCS(C)(=O)=O)nc2sc3c(c2c1=O)CCC(C)C3. The lowest BCUT2D eigenvalue weighted by Gasteiger charge is -2.17. The Kier molecular flexibility index (Phi) is 5.41. The molecule has 2 aromatic rings. The number of thioether (sulfide) groups is 1. The Morgan fingerprint density at radius 2 is 2.24 bits per heavy atom. The summed E-state index contributed by atoms with van der Waals surface area (Å²) in [5.41, 5.74) is 1.14. The number of aryl methyl sites for hydroxylation is 1. The normalized spacial score (nSPS) is 17.6. The largest absolute Gasteiger partial charge is 0.283 e. The summed E-state index contributed by atoms with van der Waals surface area (Å²) in [5.74, 6) is 1.09. The summed E-state index contributed by atoms with van der Waals surface area (Å²) in [6.45, 7) is 6.35. The van der Waals surface area contributed by atoms with Gasteiger partial charge in [0.05, 0.1) is 11.1 Å². The molecule has 0 saturated heterocycles. The minimum atomic E-state index is -3.03. The third-order valence-corrected chi connectivity index (χ3v) is 7.71. The topological polar surface area (TPSA) is 69.0 Å². The number of allylic oxidation sites excluding steroid dienone is 1. The minimum Gasteiger partial charge on any atom is -0.283 e. The standard InChI is InChI=1S/C17H22N2O3S3/c1-4-7-19-16(20)14-12-6-5-11(2)10-13(12)24-15(14)18-17(19)23-8-9-25(3,21)22/h4,11H,1,5-10H2,2-3H3. The zero-order valence-corrected chi connectivity index (χ0v) is 16.9. The van der Waals surface area contributed by atoms with Crippen molar-refractivity contribution in [2.45, 2.75) is 37.9 Å². The van der Waals surface area contributed by atoms with Crippen LogP contribution in [0.15, 0.2) is 22.6 Å².